The number of aliphatic imine (C=N–C) groups is 1. The number of fused-ring (bicyclic) bond motifs is 1. The highest BCUT2D eigenvalue weighted by Crippen LogP contribution is 2.29. The van der Waals surface area contributed by atoms with Crippen molar-refractivity contribution in [2.45, 2.75) is 18.7 Å². The van der Waals surface area contributed by atoms with Gasteiger partial charge in [0.1, 0.15) is 0 Å². The fourth-order valence-corrected chi connectivity index (χ4v) is 5.07. The second-order valence-electron chi connectivity index (χ2n) is 7.92. The summed E-state index contributed by atoms with van der Waals surface area (Å²) < 4.78 is 33.3. The maximum Gasteiger partial charge on any atom is 0.363 e. The number of carbonyl (C=O) groups is 1. The van der Waals surface area contributed by atoms with Gasteiger partial charge in [0.15, 0.2) is 5.70 Å². The Morgan fingerprint density at radius 3 is 2.21 bits per heavy atom. The fraction of sp³-hybridized carbons (Fsp3) is 0.0769. The molecule has 0 N–H and O–H groups in total. The van der Waals surface area contributed by atoms with Crippen molar-refractivity contribution in [3.63, 3.8) is 0 Å². The molecule has 5 rings (SSSR count). The lowest BCUT2D eigenvalue weighted by atomic mass is 10.1. The molecule has 1 aliphatic heterocycles. The third-order valence-corrected chi connectivity index (χ3v) is 7.19. The van der Waals surface area contributed by atoms with Gasteiger partial charge in [-0.05, 0) is 50.3 Å². The van der Waals surface area contributed by atoms with Crippen LogP contribution in [0.5, 0.6) is 0 Å². The highest BCUT2D eigenvalue weighted by atomic mass is 32.2. The summed E-state index contributed by atoms with van der Waals surface area (Å²) >= 11 is 0. The molecule has 0 amide bonds. The lowest BCUT2D eigenvalue weighted by Gasteiger charge is -2.07. The van der Waals surface area contributed by atoms with E-state index in [9.17, 15) is 13.2 Å². The first-order valence-corrected chi connectivity index (χ1v) is 11.8. The van der Waals surface area contributed by atoms with Gasteiger partial charge < -0.3 is 4.74 Å². The molecule has 0 spiro atoms. The van der Waals surface area contributed by atoms with Crippen LogP contribution in [0, 0.1) is 13.8 Å². The smallest absolute Gasteiger partial charge is 0.363 e. The molecule has 2 heterocycles. The van der Waals surface area contributed by atoms with Crippen LogP contribution in [0.1, 0.15) is 22.3 Å². The molecule has 3 aromatic carbocycles. The molecule has 164 valence electrons. The van der Waals surface area contributed by atoms with Gasteiger partial charge in [0.05, 0.1) is 10.4 Å². The Labute approximate surface area is 191 Å². The number of aromatic nitrogens is 1. The fourth-order valence-electron chi connectivity index (χ4n) is 3.69. The molecule has 0 saturated heterocycles. The first kappa shape index (κ1) is 20.9. The summed E-state index contributed by atoms with van der Waals surface area (Å²) in [6.07, 6.45) is 3.08. The zero-order valence-corrected chi connectivity index (χ0v) is 18.8. The summed E-state index contributed by atoms with van der Waals surface area (Å²) in [5.74, 6) is -0.355. The third kappa shape index (κ3) is 3.76. The quantitative estimate of drug-likeness (QED) is 0.325. The molecule has 7 heteroatoms. The molecule has 0 fully saturated rings. The van der Waals surface area contributed by atoms with E-state index in [2.05, 4.69) is 4.99 Å². The van der Waals surface area contributed by atoms with Gasteiger partial charge in [-0.15, -0.1) is 0 Å². The normalized spacial score (nSPS) is 15.2. The third-order valence-electron chi connectivity index (χ3n) is 5.50. The average Bonchev–Trinajstić information content (AvgIpc) is 3.36. The van der Waals surface area contributed by atoms with E-state index in [-0.39, 0.29) is 16.5 Å². The Balaban J connectivity index is 1.61. The first-order chi connectivity index (χ1) is 15.8. The molecule has 0 aliphatic carbocycles. The van der Waals surface area contributed by atoms with Crippen LogP contribution in [0.15, 0.2) is 94.6 Å². The van der Waals surface area contributed by atoms with Crippen molar-refractivity contribution in [3.05, 3.63) is 107 Å². The van der Waals surface area contributed by atoms with Crippen LogP contribution in [0.4, 0.5) is 0 Å². The van der Waals surface area contributed by atoms with Gasteiger partial charge in [0, 0.05) is 22.7 Å². The molecule has 1 aromatic heterocycles. The molecule has 33 heavy (non-hydrogen) atoms. The molecular weight excluding hydrogens is 436 g/mol. The molecule has 0 saturated carbocycles. The Morgan fingerprint density at radius 1 is 0.879 bits per heavy atom. The monoisotopic (exact) mass is 456 g/mol. The number of esters is 1. The van der Waals surface area contributed by atoms with Gasteiger partial charge in [-0.1, -0.05) is 53.6 Å². The Bertz CT molecular complexity index is 1560. The minimum Gasteiger partial charge on any atom is -0.402 e. The topological polar surface area (TPSA) is 77.7 Å². The van der Waals surface area contributed by atoms with E-state index in [1.165, 1.54) is 10.2 Å². The number of rotatable bonds is 4. The van der Waals surface area contributed by atoms with Crippen LogP contribution in [-0.4, -0.2) is 24.3 Å². The molecule has 4 aromatic rings. The summed E-state index contributed by atoms with van der Waals surface area (Å²) in [6.45, 7) is 3.87. The van der Waals surface area contributed by atoms with Crippen LogP contribution in [-0.2, 0) is 19.6 Å². The number of para-hydroxylation sites is 1. The van der Waals surface area contributed by atoms with Gasteiger partial charge in [0.2, 0.25) is 5.90 Å². The summed E-state index contributed by atoms with van der Waals surface area (Å²) in [5.41, 5.74) is 3.94. The van der Waals surface area contributed by atoms with Gasteiger partial charge in [0.25, 0.3) is 10.0 Å². The first-order valence-electron chi connectivity index (χ1n) is 10.3. The van der Waals surface area contributed by atoms with Crippen molar-refractivity contribution in [2.75, 3.05) is 0 Å². The average molecular weight is 457 g/mol. The number of hydrogen-bond acceptors (Lipinski definition) is 5. The number of benzene rings is 3. The van der Waals surface area contributed by atoms with Gasteiger partial charge in [-0.2, -0.15) is 0 Å². The highest BCUT2D eigenvalue weighted by Gasteiger charge is 2.26. The minimum atomic E-state index is -3.83. The van der Waals surface area contributed by atoms with E-state index in [0.717, 1.165) is 11.1 Å². The van der Waals surface area contributed by atoms with Crippen LogP contribution in [0.2, 0.25) is 0 Å². The second-order valence-corrected chi connectivity index (χ2v) is 9.73. The van der Waals surface area contributed by atoms with Gasteiger partial charge >= 0.3 is 5.97 Å². The molecule has 1 aliphatic rings. The van der Waals surface area contributed by atoms with Crippen molar-refractivity contribution in [3.8, 4) is 0 Å². The van der Waals surface area contributed by atoms with Crippen molar-refractivity contribution in [2.24, 2.45) is 4.99 Å². The van der Waals surface area contributed by atoms with Crippen LogP contribution in [0.25, 0.3) is 17.0 Å². The predicted molar refractivity (Wildman–Crippen MR) is 127 cm³/mol. The van der Waals surface area contributed by atoms with E-state index < -0.39 is 16.0 Å². The summed E-state index contributed by atoms with van der Waals surface area (Å²) in [4.78, 5) is 17.0. The highest BCUT2D eigenvalue weighted by molar-refractivity contribution is 7.90. The van der Waals surface area contributed by atoms with Crippen molar-refractivity contribution in [1.29, 1.82) is 0 Å². The molecule has 0 radical (unpaired) electrons. The second kappa shape index (κ2) is 7.86. The SMILES string of the molecule is Cc1ccc(C2=N/C(=C/c3cn(S(=O)(=O)c4ccc(C)cc4)c4ccccc34)C(=O)O2)cc1. The summed E-state index contributed by atoms with van der Waals surface area (Å²) in [7, 11) is -3.83. The molecule has 0 atom stereocenters. The van der Waals surface area contributed by atoms with Crippen LogP contribution in [0.3, 0.4) is 0 Å². The zero-order valence-electron chi connectivity index (χ0n) is 18.0. The predicted octanol–water partition coefficient (Wildman–Crippen LogP) is 4.84. The van der Waals surface area contributed by atoms with E-state index >= 15 is 0 Å². The maximum atomic E-state index is 13.4. The zero-order chi connectivity index (χ0) is 23.2. The summed E-state index contributed by atoms with van der Waals surface area (Å²) in [6, 6.07) is 21.3. The van der Waals surface area contributed by atoms with Gasteiger partial charge in [-0.25, -0.2) is 22.2 Å². The van der Waals surface area contributed by atoms with E-state index in [0.29, 0.717) is 22.0 Å². The van der Waals surface area contributed by atoms with Crippen LogP contribution >= 0.6 is 0 Å². The van der Waals surface area contributed by atoms with E-state index in [1.54, 1.807) is 42.5 Å². The van der Waals surface area contributed by atoms with Crippen molar-refractivity contribution < 1.29 is 17.9 Å². The number of hydrogen-bond donors (Lipinski definition) is 0. The van der Waals surface area contributed by atoms with E-state index in [4.69, 9.17) is 4.74 Å². The standard InChI is InChI=1S/C26H20N2O4S/c1-17-7-11-19(12-8-17)25-27-23(26(29)32-25)15-20-16-28(24-6-4-3-5-22(20)24)33(30,31)21-13-9-18(2)10-14-21/h3-16H,1-2H3/b23-15+. The number of carbonyl (C=O) groups excluding carboxylic acids is 1. The molecule has 0 unspecified atom stereocenters. The molecule has 6 nitrogen and oxygen atoms in total. The number of nitrogens with zero attached hydrogens (tertiary/aromatic N) is 2. The minimum absolute atomic E-state index is 0.112. The maximum absolute atomic E-state index is 13.4. The van der Waals surface area contributed by atoms with Crippen molar-refractivity contribution >= 4 is 38.9 Å². The Hall–Kier alpha value is -3.97. The van der Waals surface area contributed by atoms with Gasteiger partial charge in [-0.3, -0.25) is 0 Å². The summed E-state index contributed by atoms with van der Waals surface area (Å²) in [5, 5.41) is 0.687. The number of cyclic esters (lactones) is 1. The molecular formula is C26H20N2O4S. The number of aryl methyl sites for hydroxylation is 2. The molecule has 0 bridgehead atoms. The van der Waals surface area contributed by atoms with Crippen LogP contribution < -0.4 is 0 Å². The lowest BCUT2D eigenvalue weighted by molar-refractivity contribution is -0.129. The Morgan fingerprint density at radius 2 is 1.52 bits per heavy atom. The number of ether oxygens (including phenoxy) is 1. The van der Waals surface area contributed by atoms with Crippen molar-refractivity contribution in [1.82, 2.24) is 3.97 Å². The van der Waals surface area contributed by atoms with E-state index in [1.807, 2.05) is 50.2 Å². The Kier molecular flexibility index (Phi) is 4.98. The largest absolute Gasteiger partial charge is 0.402 e. The lowest BCUT2D eigenvalue weighted by Crippen LogP contribution is -2.11.